The molecular formula is C21H23F5N2O4. The smallest absolute Gasteiger partial charge is 0.440 e. The maximum Gasteiger partial charge on any atom is 0.440 e. The van der Waals surface area contributed by atoms with Crippen LogP contribution in [0.2, 0.25) is 0 Å². The van der Waals surface area contributed by atoms with Crippen molar-refractivity contribution in [1.82, 2.24) is 5.32 Å². The number of carbonyl (C=O) groups excluding carboxylic acids is 2. The van der Waals surface area contributed by atoms with E-state index < -0.39 is 65.0 Å². The molecule has 0 spiro atoms. The van der Waals surface area contributed by atoms with Crippen molar-refractivity contribution >= 4 is 17.6 Å². The van der Waals surface area contributed by atoms with E-state index in [4.69, 9.17) is 4.74 Å². The molecule has 1 saturated carbocycles. The third kappa shape index (κ3) is 5.02. The maximum absolute atomic E-state index is 13.9. The molecule has 1 aromatic carbocycles. The standard InChI is InChI=1S/C21H23F5N2O4/c1-19(2,3)31-17(29)11-4-5-15(8-11)27-18(30)20(21(24,25)26)10-16(28-32-20)12-6-13(22)9-14(23)7-12/h6-7,9,11,15H,4-5,8,10H2,1-3H3,(H,27,30)/t11?,15?,20-/m1/s1. The molecule has 3 atom stereocenters. The van der Waals surface area contributed by atoms with Crippen molar-refractivity contribution in [3.05, 3.63) is 35.4 Å². The zero-order chi connectivity index (χ0) is 23.9. The summed E-state index contributed by atoms with van der Waals surface area (Å²) in [5.41, 5.74) is -4.71. The third-order valence-electron chi connectivity index (χ3n) is 5.26. The van der Waals surface area contributed by atoms with E-state index >= 15 is 0 Å². The molecule has 1 fully saturated rings. The normalized spacial score (nSPS) is 25.8. The number of nitrogens with one attached hydrogen (secondary N) is 1. The number of benzene rings is 1. The van der Waals surface area contributed by atoms with Crippen LogP contribution in [0.5, 0.6) is 0 Å². The second kappa shape index (κ2) is 8.32. The first-order valence-corrected chi connectivity index (χ1v) is 10.0. The Bertz CT molecular complexity index is 921. The topological polar surface area (TPSA) is 77.0 Å². The van der Waals surface area contributed by atoms with Gasteiger partial charge in [0.2, 0.25) is 0 Å². The lowest BCUT2D eigenvalue weighted by Crippen LogP contribution is -2.58. The van der Waals surface area contributed by atoms with Crippen LogP contribution in [0.1, 0.15) is 52.0 Å². The van der Waals surface area contributed by atoms with Gasteiger partial charge in [-0.2, -0.15) is 13.2 Å². The third-order valence-corrected chi connectivity index (χ3v) is 5.26. The molecular weight excluding hydrogens is 439 g/mol. The molecule has 0 bridgehead atoms. The van der Waals surface area contributed by atoms with Crippen LogP contribution in [-0.2, 0) is 19.2 Å². The van der Waals surface area contributed by atoms with Crippen molar-refractivity contribution in [2.75, 3.05) is 0 Å². The lowest BCUT2D eigenvalue weighted by Gasteiger charge is -2.29. The molecule has 0 radical (unpaired) electrons. The highest BCUT2D eigenvalue weighted by Gasteiger charge is 2.67. The number of hydrogen-bond acceptors (Lipinski definition) is 5. The first-order valence-electron chi connectivity index (χ1n) is 10.0. The molecule has 1 heterocycles. The van der Waals surface area contributed by atoms with E-state index in [1.165, 1.54) is 0 Å². The summed E-state index contributed by atoms with van der Waals surface area (Å²) in [5, 5.41) is 5.61. The molecule has 2 aliphatic rings. The van der Waals surface area contributed by atoms with Crippen molar-refractivity contribution < 1.29 is 41.1 Å². The Labute approximate surface area is 181 Å². The highest BCUT2D eigenvalue weighted by atomic mass is 19.4. The molecule has 1 aliphatic carbocycles. The van der Waals surface area contributed by atoms with Gasteiger partial charge in [-0.1, -0.05) is 5.16 Å². The van der Waals surface area contributed by atoms with E-state index in [0.29, 0.717) is 12.5 Å². The molecule has 11 heteroatoms. The van der Waals surface area contributed by atoms with E-state index in [1.54, 1.807) is 20.8 Å². The number of halogens is 5. The average molecular weight is 462 g/mol. The van der Waals surface area contributed by atoms with Gasteiger partial charge in [0.25, 0.3) is 5.91 Å². The summed E-state index contributed by atoms with van der Waals surface area (Å²) in [6.07, 6.45) is -5.45. The lowest BCUT2D eigenvalue weighted by atomic mass is 9.92. The Kier molecular flexibility index (Phi) is 6.23. The minimum atomic E-state index is -5.16. The zero-order valence-electron chi connectivity index (χ0n) is 17.7. The largest absolute Gasteiger partial charge is 0.460 e. The number of amides is 1. The van der Waals surface area contributed by atoms with Crippen LogP contribution in [0.25, 0.3) is 0 Å². The van der Waals surface area contributed by atoms with E-state index in [2.05, 4.69) is 15.3 Å². The average Bonchev–Trinajstić information content (AvgIpc) is 3.26. The molecule has 6 nitrogen and oxygen atoms in total. The predicted molar refractivity (Wildman–Crippen MR) is 102 cm³/mol. The molecule has 1 aliphatic heterocycles. The first-order chi connectivity index (χ1) is 14.7. The Morgan fingerprint density at radius 1 is 1.12 bits per heavy atom. The van der Waals surface area contributed by atoms with E-state index in [-0.39, 0.29) is 18.4 Å². The number of alkyl halides is 3. The summed E-state index contributed by atoms with van der Waals surface area (Å²) in [7, 11) is 0. The minimum absolute atomic E-state index is 0.122. The van der Waals surface area contributed by atoms with Crippen LogP contribution in [0.4, 0.5) is 22.0 Å². The molecule has 1 N–H and O–H groups in total. The monoisotopic (exact) mass is 462 g/mol. The lowest BCUT2D eigenvalue weighted by molar-refractivity contribution is -0.259. The summed E-state index contributed by atoms with van der Waals surface area (Å²) in [6, 6.07) is 1.47. The zero-order valence-corrected chi connectivity index (χ0v) is 17.7. The number of ether oxygens (including phenoxy) is 1. The molecule has 0 saturated heterocycles. The fraction of sp³-hybridized carbons (Fsp3) is 0.571. The van der Waals surface area contributed by atoms with Gasteiger partial charge in [-0.15, -0.1) is 0 Å². The first kappa shape index (κ1) is 23.9. The van der Waals surface area contributed by atoms with Crippen LogP contribution in [0, 0.1) is 17.6 Å². The Balaban J connectivity index is 1.71. The summed E-state index contributed by atoms with van der Waals surface area (Å²) >= 11 is 0. The van der Waals surface area contributed by atoms with Crippen molar-refractivity contribution in [1.29, 1.82) is 0 Å². The number of carbonyl (C=O) groups is 2. The van der Waals surface area contributed by atoms with Crippen molar-refractivity contribution in [3.8, 4) is 0 Å². The number of nitrogens with zero attached hydrogens (tertiary/aromatic N) is 1. The van der Waals surface area contributed by atoms with Crippen molar-refractivity contribution in [3.63, 3.8) is 0 Å². The van der Waals surface area contributed by atoms with Crippen LogP contribution >= 0.6 is 0 Å². The van der Waals surface area contributed by atoms with Crippen molar-refractivity contribution in [2.45, 2.75) is 69.9 Å². The van der Waals surface area contributed by atoms with E-state index in [0.717, 1.165) is 12.1 Å². The number of rotatable bonds is 4. The van der Waals surface area contributed by atoms with Gasteiger partial charge < -0.3 is 14.9 Å². The fourth-order valence-electron chi connectivity index (χ4n) is 3.72. The molecule has 1 aromatic rings. The van der Waals surface area contributed by atoms with Crippen molar-refractivity contribution in [2.24, 2.45) is 11.1 Å². The van der Waals surface area contributed by atoms with Gasteiger partial charge in [0.1, 0.15) is 17.2 Å². The second-order valence-corrected chi connectivity index (χ2v) is 9.00. The van der Waals surface area contributed by atoms with E-state index in [1.807, 2.05) is 0 Å². The van der Waals surface area contributed by atoms with Gasteiger partial charge in [0.15, 0.2) is 0 Å². The van der Waals surface area contributed by atoms with Crippen LogP contribution < -0.4 is 5.32 Å². The van der Waals surface area contributed by atoms with Gasteiger partial charge in [-0.25, -0.2) is 8.78 Å². The summed E-state index contributed by atoms with van der Waals surface area (Å²) in [5.74, 6) is -4.51. The maximum atomic E-state index is 13.9. The molecule has 2 unspecified atom stereocenters. The SMILES string of the molecule is CC(C)(C)OC(=O)C1CCC(NC(=O)[C@@]2(C(F)(F)F)CC(c3cc(F)cc(F)c3)=NO2)C1. The summed E-state index contributed by atoms with van der Waals surface area (Å²) in [6.45, 7) is 5.10. The Morgan fingerprint density at radius 2 is 1.75 bits per heavy atom. The summed E-state index contributed by atoms with van der Waals surface area (Å²) < 4.78 is 73.9. The van der Waals surface area contributed by atoms with Crippen LogP contribution in [0.15, 0.2) is 23.4 Å². The predicted octanol–water partition coefficient (Wildman–Crippen LogP) is 4.02. The molecule has 3 rings (SSSR count). The van der Waals surface area contributed by atoms with Gasteiger partial charge in [0, 0.05) is 17.7 Å². The Morgan fingerprint density at radius 3 is 2.31 bits per heavy atom. The second-order valence-electron chi connectivity index (χ2n) is 9.00. The van der Waals surface area contributed by atoms with Gasteiger partial charge in [-0.05, 0) is 52.2 Å². The number of hydrogen-bond donors (Lipinski definition) is 1. The highest BCUT2D eigenvalue weighted by molar-refractivity contribution is 6.05. The van der Waals surface area contributed by atoms with Gasteiger partial charge >= 0.3 is 17.7 Å². The quantitative estimate of drug-likeness (QED) is 0.542. The van der Waals surface area contributed by atoms with E-state index in [9.17, 15) is 31.5 Å². The molecule has 0 aromatic heterocycles. The minimum Gasteiger partial charge on any atom is -0.460 e. The van der Waals surface area contributed by atoms with Gasteiger partial charge in [-0.3, -0.25) is 9.59 Å². The number of oxime groups is 1. The molecule has 176 valence electrons. The Hall–Kier alpha value is -2.72. The fourth-order valence-corrected chi connectivity index (χ4v) is 3.72. The summed E-state index contributed by atoms with van der Waals surface area (Å²) in [4.78, 5) is 29.5. The van der Waals surface area contributed by atoms with Crippen LogP contribution in [0.3, 0.4) is 0 Å². The molecule has 32 heavy (non-hydrogen) atoms. The molecule has 1 amide bonds. The number of esters is 1. The van der Waals surface area contributed by atoms with Crippen LogP contribution in [-0.4, -0.2) is 41.0 Å². The van der Waals surface area contributed by atoms with Gasteiger partial charge in [0.05, 0.1) is 18.1 Å². The highest BCUT2D eigenvalue weighted by Crippen LogP contribution is 2.42.